The molecule has 0 aromatic heterocycles. The minimum Gasteiger partial charge on any atom is -0.355 e. The minimum atomic E-state index is -3.27. The van der Waals surface area contributed by atoms with E-state index in [1.165, 1.54) is 0 Å². The van der Waals surface area contributed by atoms with Gasteiger partial charge >= 0.3 is 0 Å². The molecule has 22 heavy (non-hydrogen) atoms. The first-order chi connectivity index (χ1) is 10.2. The van der Waals surface area contributed by atoms with E-state index in [9.17, 15) is 8.42 Å². The van der Waals surface area contributed by atoms with Gasteiger partial charge in [-0.2, -0.15) is 0 Å². The van der Waals surface area contributed by atoms with E-state index in [-0.39, 0.29) is 11.2 Å². The smallest absolute Gasteiger partial charge is 0.193 e. The molecule has 0 saturated carbocycles. The topological polar surface area (TPSA) is 61.8 Å². The summed E-state index contributed by atoms with van der Waals surface area (Å²) in [5.41, 5.74) is 1.15. The zero-order chi connectivity index (χ0) is 16.4. The van der Waals surface area contributed by atoms with Crippen molar-refractivity contribution in [2.75, 3.05) is 32.4 Å². The Morgan fingerprint density at radius 2 is 1.86 bits per heavy atom. The maximum Gasteiger partial charge on any atom is 0.193 e. The highest BCUT2D eigenvalue weighted by Gasteiger charge is 2.18. The molecule has 1 aromatic carbocycles. The first-order valence-electron chi connectivity index (χ1n) is 7.53. The number of guanidine groups is 1. The standard InChI is InChI=1S/C16H25N3O2S/c1-16(2,3)13-5-7-14(8-6-13)22(20,21)12-10-18-15-17-9-11-19(15)4/h5-8H,9-12H2,1-4H3,(H,17,18). The van der Waals surface area contributed by atoms with Crippen molar-refractivity contribution in [1.82, 2.24) is 10.2 Å². The molecule has 2 rings (SSSR count). The maximum absolute atomic E-state index is 12.4. The predicted octanol–water partition coefficient (Wildman–Crippen LogP) is 1.65. The quantitative estimate of drug-likeness (QED) is 0.915. The van der Waals surface area contributed by atoms with E-state index in [0.717, 1.165) is 24.6 Å². The number of sulfone groups is 1. The number of benzene rings is 1. The van der Waals surface area contributed by atoms with Gasteiger partial charge in [-0.3, -0.25) is 4.99 Å². The van der Waals surface area contributed by atoms with Gasteiger partial charge < -0.3 is 10.2 Å². The largest absolute Gasteiger partial charge is 0.355 e. The van der Waals surface area contributed by atoms with Crippen LogP contribution in [0.25, 0.3) is 0 Å². The van der Waals surface area contributed by atoms with E-state index < -0.39 is 9.84 Å². The summed E-state index contributed by atoms with van der Waals surface area (Å²) < 4.78 is 24.7. The van der Waals surface area contributed by atoms with Crippen molar-refractivity contribution in [2.45, 2.75) is 31.1 Å². The van der Waals surface area contributed by atoms with Crippen LogP contribution in [0.4, 0.5) is 0 Å². The average Bonchev–Trinajstić information content (AvgIpc) is 2.83. The SMILES string of the molecule is CN1CCN=C1NCCS(=O)(=O)c1ccc(C(C)(C)C)cc1. The van der Waals surface area contributed by atoms with Gasteiger partial charge in [0, 0.05) is 20.1 Å². The van der Waals surface area contributed by atoms with Crippen LogP contribution in [0.2, 0.25) is 0 Å². The summed E-state index contributed by atoms with van der Waals surface area (Å²) in [5, 5.41) is 3.09. The second-order valence-electron chi connectivity index (χ2n) is 6.65. The van der Waals surface area contributed by atoms with Crippen LogP contribution in [0, 0.1) is 0 Å². The Morgan fingerprint density at radius 1 is 1.23 bits per heavy atom. The van der Waals surface area contributed by atoms with E-state index in [1.54, 1.807) is 12.1 Å². The molecule has 0 radical (unpaired) electrons. The lowest BCUT2D eigenvalue weighted by atomic mass is 9.87. The highest BCUT2D eigenvalue weighted by Crippen LogP contribution is 2.23. The van der Waals surface area contributed by atoms with Gasteiger partial charge in [-0.15, -0.1) is 0 Å². The lowest BCUT2D eigenvalue weighted by Gasteiger charge is -2.19. The third-order valence-corrected chi connectivity index (χ3v) is 5.52. The van der Waals surface area contributed by atoms with Crippen LogP contribution in [-0.4, -0.2) is 51.7 Å². The first-order valence-corrected chi connectivity index (χ1v) is 9.18. The van der Waals surface area contributed by atoms with Crippen molar-refractivity contribution < 1.29 is 8.42 Å². The molecule has 0 unspecified atom stereocenters. The summed E-state index contributed by atoms with van der Waals surface area (Å²) in [6, 6.07) is 7.20. The molecule has 0 aliphatic carbocycles. The summed E-state index contributed by atoms with van der Waals surface area (Å²) in [6.07, 6.45) is 0. The van der Waals surface area contributed by atoms with Crippen molar-refractivity contribution in [1.29, 1.82) is 0 Å². The van der Waals surface area contributed by atoms with E-state index >= 15 is 0 Å². The van der Waals surface area contributed by atoms with Gasteiger partial charge in [-0.05, 0) is 23.1 Å². The molecular formula is C16H25N3O2S. The van der Waals surface area contributed by atoms with Crippen LogP contribution in [0.3, 0.4) is 0 Å². The van der Waals surface area contributed by atoms with Gasteiger partial charge in [0.15, 0.2) is 15.8 Å². The van der Waals surface area contributed by atoms with Gasteiger partial charge in [-0.1, -0.05) is 32.9 Å². The van der Waals surface area contributed by atoms with Crippen molar-refractivity contribution in [2.24, 2.45) is 4.99 Å². The van der Waals surface area contributed by atoms with Crippen LogP contribution in [0.5, 0.6) is 0 Å². The summed E-state index contributed by atoms with van der Waals surface area (Å²) in [6.45, 7) is 8.34. The molecule has 0 spiro atoms. The molecule has 1 N–H and O–H groups in total. The van der Waals surface area contributed by atoms with E-state index in [4.69, 9.17) is 0 Å². The van der Waals surface area contributed by atoms with Crippen molar-refractivity contribution >= 4 is 15.8 Å². The Bertz CT molecular complexity index is 643. The van der Waals surface area contributed by atoms with Crippen LogP contribution in [-0.2, 0) is 15.3 Å². The normalized spacial score (nSPS) is 15.8. The second-order valence-corrected chi connectivity index (χ2v) is 8.76. The fourth-order valence-electron chi connectivity index (χ4n) is 2.30. The van der Waals surface area contributed by atoms with Crippen molar-refractivity contribution in [3.63, 3.8) is 0 Å². The van der Waals surface area contributed by atoms with E-state index in [0.29, 0.717) is 11.4 Å². The first kappa shape index (κ1) is 16.8. The molecule has 0 amide bonds. The lowest BCUT2D eigenvalue weighted by molar-refractivity contribution is 0.535. The summed E-state index contributed by atoms with van der Waals surface area (Å²) in [7, 11) is -1.32. The van der Waals surface area contributed by atoms with Crippen LogP contribution < -0.4 is 5.32 Å². The average molecular weight is 323 g/mol. The zero-order valence-electron chi connectivity index (χ0n) is 13.8. The summed E-state index contributed by atoms with van der Waals surface area (Å²) >= 11 is 0. The predicted molar refractivity (Wildman–Crippen MR) is 90.1 cm³/mol. The highest BCUT2D eigenvalue weighted by atomic mass is 32.2. The molecule has 1 aliphatic rings. The Balaban J connectivity index is 1.98. The maximum atomic E-state index is 12.4. The zero-order valence-corrected chi connectivity index (χ0v) is 14.6. The molecule has 122 valence electrons. The van der Waals surface area contributed by atoms with Gasteiger partial charge in [0.25, 0.3) is 0 Å². The molecule has 6 heteroatoms. The Morgan fingerprint density at radius 3 is 2.36 bits per heavy atom. The van der Waals surface area contributed by atoms with Gasteiger partial charge in [-0.25, -0.2) is 8.42 Å². The molecule has 0 saturated heterocycles. The molecule has 1 aromatic rings. The number of nitrogens with one attached hydrogen (secondary N) is 1. The van der Waals surface area contributed by atoms with Gasteiger partial charge in [0.1, 0.15) is 0 Å². The van der Waals surface area contributed by atoms with Crippen LogP contribution in [0.1, 0.15) is 26.3 Å². The van der Waals surface area contributed by atoms with Crippen molar-refractivity contribution in [3.8, 4) is 0 Å². The van der Waals surface area contributed by atoms with E-state index in [1.807, 2.05) is 24.1 Å². The Labute approximate surface area is 133 Å². The monoisotopic (exact) mass is 323 g/mol. The van der Waals surface area contributed by atoms with Crippen LogP contribution in [0.15, 0.2) is 34.2 Å². The highest BCUT2D eigenvalue weighted by molar-refractivity contribution is 7.91. The van der Waals surface area contributed by atoms with Gasteiger partial charge in [0.05, 0.1) is 17.2 Å². The van der Waals surface area contributed by atoms with Gasteiger partial charge in [0.2, 0.25) is 0 Å². The number of hydrogen-bond donors (Lipinski definition) is 1. The second kappa shape index (κ2) is 6.28. The fourth-order valence-corrected chi connectivity index (χ4v) is 3.46. The molecule has 0 bridgehead atoms. The molecule has 5 nitrogen and oxygen atoms in total. The third-order valence-electron chi connectivity index (χ3n) is 3.79. The summed E-state index contributed by atoms with van der Waals surface area (Å²) in [4.78, 5) is 6.65. The van der Waals surface area contributed by atoms with Crippen LogP contribution >= 0.6 is 0 Å². The molecular weight excluding hydrogens is 298 g/mol. The van der Waals surface area contributed by atoms with E-state index in [2.05, 4.69) is 31.1 Å². The number of likely N-dealkylation sites (N-methyl/N-ethyl adjacent to an activating group) is 1. The van der Waals surface area contributed by atoms with Crippen molar-refractivity contribution in [3.05, 3.63) is 29.8 Å². The Kier molecular flexibility index (Phi) is 4.80. The third kappa shape index (κ3) is 4.00. The molecule has 0 atom stereocenters. The molecule has 0 fully saturated rings. The Hall–Kier alpha value is -1.56. The molecule has 1 heterocycles. The summed E-state index contributed by atoms with van der Waals surface area (Å²) in [5.74, 6) is 0.840. The number of nitrogens with zero attached hydrogens (tertiary/aromatic N) is 2. The number of hydrogen-bond acceptors (Lipinski definition) is 5. The number of rotatable bonds is 4. The fraction of sp³-hybridized carbons (Fsp3) is 0.562. The minimum absolute atomic E-state index is 0.0229. The lowest BCUT2D eigenvalue weighted by Crippen LogP contribution is -2.38. The number of aliphatic imine (C=N–C) groups is 1. The molecule has 1 aliphatic heterocycles.